The van der Waals surface area contributed by atoms with Crippen molar-refractivity contribution in [2.45, 2.75) is 264 Å². The Kier molecular flexibility index (Phi) is 51.9. The predicted molar refractivity (Wildman–Crippen MR) is 298 cm³/mol. The summed E-state index contributed by atoms with van der Waals surface area (Å²) in [5.74, 6) is -1.52. The number of aliphatic hydroxyl groups excluding tert-OH is 1. The lowest BCUT2D eigenvalue weighted by Crippen LogP contribution is -2.30. The largest absolute Gasteiger partial charge is 0.472 e. The van der Waals surface area contributed by atoms with Gasteiger partial charge in [0.2, 0.25) is 0 Å². The van der Waals surface area contributed by atoms with E-state index in [-0.39, 0.29) is 25.9 Å². The van der Waals surface area contributed by atoms with E-state index >= 15 is 0 Å². The van der Waals surface area contributed by atoms with Gasteiger partial charge in [0.25, 0.3) is 0 Å². The van der Waals surface area contributed by atoms with Gasteiger partial charge < -0.3 is 24.2 Å². The van der Waals surface area contributed by atoms with Crippen molar-refractivity contribution in [3.05, 3.63) is 72.9 Å². The monoisotopic (exact) mass is 1030 g/mol. The van der Waals surface area contributed by atoms with E-state index in [4.69, 9.17) is 23.3 Å². The highest BCUT2D eigenvalue weighted by molar-refractivity contribution is 7.47. The predicted octanol–water partition coefficient (Wildman–Crippen LogP) is 16.9. The molecule has 0 aliphatic rings. The quantitative estimate of drug-likeness (QED) is 0.0197. The Labute approximate surface area is 439 Å². The zero-order chi connectivity index (χ0) is 52.7. The van der Waals surface area contributed by atoms with E-state index in [2.05, 4.69) is 93.7 Å². The van der Waals surface area contributed by atoms with Crippen molar-refractivity contribution < 1.29 is 52.2 Å². The fraction of sp³-hybridized carbons (Fsp3) is 0.750. The van der Waals surface area contributed by atoms with E-state index in [1.54, 1.807) is 0 Å². The first-order chi connectivity index (χ1) is 35.2. The zero-order valence-corrected chi connectivity index (χ0v) is 46.8. The molecule has 0 aliphatic carbocycles. The number of allylic oxidation sites excluding steroid dienone is 12. The number of phosphoric acid groups is 1. The highest BCUT2D eigenvalue weighted by Crippen LogP contribution is 2.43. The average Bonchev–Trinajstić information content (AvgIpc) is 3.37. The van der Waals surface area contributed by atoms with Crippen molar-refractivity contribution in [3.63, 3.8) is 0 Å². The van der Waals surface area contributed by atoms with Crippen molar-refractivity contribution in [2.75, 3.05) is 26.4 Å². The van der Waals surface area contributed by atoms with Gasteiger partial charge in [-0.3, -0.25) is 23.4 Å². The number of rotatable bonds is 53. The van der Waals surface area contributed by atoms with Gasteiger partial charge in [0.05, 0.1) is 19.8 Å². The summed E-state index contributed by atoms with van der Waals surface area (Å²) in [6, 6.07) is 0. The third-order valence-electron chi connectivity index (χ3n) is 12.1. The van der Waals surface area contributed by atoms with Crippen molar-refractivity contribution in [2.24, 2.45) is 0 Å². The van der Waals surface area contributed by atoms with E-state index in [9.17, 15) is 28.9 Å². The number of phosphoric ester groups is 1. The highest BCUT2D eigenvalue weighted by Gasteiger charge is 2.28. The molecule has 0 saturated heterocycles. The molecule has 12 heteroatoms. The highest BCUT2D eigenvalue weighted by atomic mass is 31.2. The molecule has 0 aromatic rings. The summed E-state index contributed by atoms with van der Waals surface area (Å²) >= 11 is 0. The normalized spacial score (nSPS) is 13.9. The molecular formula is C60H105O11P. The van der Waals surface area contributed by atoms with Crippen LogP contribution in [0, 0.1) is 0 Å². The third-order valence-corrected chi connectivity index (χ3v) is 13.0. The summed E-state index contributed by atoms with van der Waals surface area (Å²) in [5, 5.41) is 9.80. The van der Waals surface area contributed by atoms with Crippen LogP contribution in [0.2, 0.25) is 0 Å². The van der Waals surface area contributed by atoms with Crippen LogP contribution in [-0.4, -0.2) is 66.5 Å². The van der Waals surface area contributed by atoms with Gasteiger partial charge in [-0.2, -0.15) is 0 Å². The SMILES string of the molecule is CC/C=C\C/C=C\C/C=C\C/C=C\CCCCC(=O)OC(CO)COP(=O)(O)OCC(COC(=O)CCCCCCC/C=C\C/C=C\CCC)OC(=O)CCCCCCCCCCCCCCCCCCC. The molecule has 0 saturated carbocycles. The summed E-state index contributed by atoms with van der Waals surface area (Å²) in [6.45, 7) is 4.42. The van der Waals surface area contributed by atoms with Crippen molar-refractivity contribution >= 4 is 25.7 Å². The Morgan fingerprint density at radius 3 is 1.19 bits per heavy atom. The maximum Gasteiger partial charge on any atom is 0.472 e. The van der Waals surface area contributed by atoms with Gasteiger partial charge in [-0.15, -0.1) is 0 Å². The summed E-state index contributed by atoms with van der Waals surface area (Å²) in [6.07, 6.45) is 60.1. The molecule has 3 atom stereocenters. The lowest BCUT2D eigenvalue weighted by Gasteiger charge is -2.21. The second-order valence-electron chi connectivity index (χ2n) is 19.1. The molecule has 0 radical (unpaired) electrons. The fourth-order valence-corrected chi connectivity index (χ4v) is 8.52. The molecule has 0 spiro atoms. The van der Waals surface area contributed by atoms with E-state index in [1.165, 1.54) is 89.9 Å². The molecule has 2 N–H and O–H groups in total. The minimum atomic E-state index is -4.76. The van der Waals surface area contributed by atoms with Crippen LogP contribution < -0.4 is 0 Å². The third kappa shape index (κ3) is 51.8. The molecular weight excluding hydrogens is 928 g/mol. The van der Waals surface area contributed by atoms with Gasteiger partial charge in [-0.25, -0.2) is 4.57 Å². The molecule has 0 rings (SSSR count). The van der Waals surface area contributed by atoms with Crippen LogP contribution in [0.15, 0.2) is 72.9 Å². The number of carbonyl (C=O) groups is 3. The number of esters is 3. The Morgan fingerprint density at radius 1 is 0.403 bits per heavy atom. The topological polar surface area (TPSA) is 155 Å². The summed E-state index contributed by atoms with van der Waals surface area (Å²) in [4.78, 5) is 48.5. The van der Waals surface area contributed by atoms with Crippen LogP contribution in [0.25, 0.3) is 0 Å². The first-order valence-corrected chi connectivity index (χ1v) is 30.3. The Morgan fingerprint density at radius 2 is 0.750 bits per heavy atom. The van der Waals surface area contributed by atoms with Crippen molar-refractivity contribution in [1.82, 2.24) is 0 Å². The van der Waals surface area contributed by atoms with Crippen LogP contribution in [0.1, 0.15) is 252 Å². The van der Waals surface area contributed by atoms with Crippen molar-refractivity contribution in [1.29, 1.82) is 0 Å². The first kappa shape index (κ1) is 68.9. The van der Waals surface area contributed by atoms with E-state index < -0.39 is 57.8 Å². The Hall–Kier alpha value is -3.08. The van der Waals surface area contributed by atoms with Crippen LogP contribution in [-0.2, 0) is 42.2 Å². The molecule has 416 valence electrons. The molecule has 3 unspecified atom stereocenters. The molecule has 0 aromatic carbocycles. The van der Waals surface area contributed by atoms with E-state index in [0.717, 1.165) is 103 Å². The van der Waals surface area contributed by atoms with Crippen molar-refractivity contribution in [3.8, 4) is 0 Å². The van der Waals surface area contributed by atoms with Gasteiger partial charge in [0.15, 0.2) is 6.10 Å². The standard InChI is InChI=1S/C60H105O11P/c1-4-7-10-13-16-19-22-25-27-28-30-33-36-39-42-45-48-51-60(64)71-57(53-67-58(62)49-46-43-40-37-34-31-24-21-18-15-12-9-6-3)55-69-72(65,66)68-54-56(52-61)70-59(63)50-47-44-41-38-35-32-29-26-23-20-17-14-11-8-5-2/h8,11-12,15,17,20-21,24,26,29,35,38,56-57,61H,4-7,9-10,13-14,16,18-19,22-23,25,27-28,30-34,36-37,39-55H2,1-3H3,(H,65,66)/b11-8-,15-12-,20-17-,24-21-,29-26-,38-35-. The fourth-order valence-electron chi connectivity index (χ4n) is 7.74. The number of hydrogen-bond donors (Lipinski definition) is 2. The Bertz CT molecular complexity index is 1490. The Balaban J connectivity index is 4.75. The molecule has 0 aliphatic heterocycles. The number of aliphatic hydroxyl groups is 1. The molecule has 0 bridgehead atoms. The molecule has 0 amide bonds. The number of hydrogen-bond acceptors (Lipinski definition) is 10. The van der Waals surface area contributed by atoms with Gasteiger partial charge in [-0.05, 0) is 83.5 Å². The summed E-state index contributed by atoms with van der Waals surface area (Å²) in [5.41, 5.74) is 0. The van der Waals surface area contributed by atoms with Gasteiger partial charge in [-0.1, -0.05) is 222 Å². The van der Waals surface area contributed by atoms with E-state index in [1.807, 2.05) is 0 Å². The maximum atomic E-state index is 12.9. The smallest absolute Gasteiger partial charge is 0.462 e. The number of ether oxygens (including phenoxy) is 3. The molecule has 0 aromatic heterocycles. The molecule has 0 heterocycles. The maximum absolute atomic E-state index is 12.9. The molecule has 0 fully saturated rings. The summed E-state index contributed by atoms with van der Waals surface area (Å²) in [7, 11) is -4.76. The summed E-state index contributed by atoms with van der Waals surface area (Å²) < 4.78 is 39.5. The van der Waals surface area contributed by atoms with Gasteiger partial charge in [0.1, 0.15) is 12.7 Å². The number of carbonyl (C=O) groups excluding carboxylic acids is 3. The lowest BCUT2D eigenvalue weighted by atomic mass is 10.0. The molecule has 72 heavy (non-hydrogen) atoms. The molecule has 11 nitrogen and oxygen atoms in total. The minimum Gasteiger partial charge on any atom is -0.462 e. The second kappa shape index (κ2) is 54.2. The lowest BCUT2D eigenvalue weighted by molar-refractivity contribution is -0.161. The minimum absolute atomic E-state index is 0.123. The van der Waals surface area contributed by atoms with Crippen LogP contribution >= 0.6 is 7.82 Å². The first-order valence-electron chi connectivity index (χ1n) is 28.8. The number of unbranched alkanes of at least 4 members (excludes halogenated alkanes) is 24. The van der Waals surface area contributed by atoms with Gasteiger partial charge >= 0.3 is 25.7 Å². The zero-order valence-electron chi connectivity index (χ0n) is 45.9. The van der Waals surface area contributed by atoms with Crippen LogP contribution in [0.4, 0.5) is 0 Å². The second-order valence-corrected chi connectivity index (χ2v) is 20.5. The average molecular weight is 1030 g/mol. The van der Waals surface area contributed by atoms with Gasteiger partial charge in [0, 0.05) is 19.3 Å². The van der Waals surface area contributed by atoms with Crippen LogP contribution in [0.3, 0.4) is 0 Å². The van der Waals surface area contributed by atoms with E-state index in [0.29, 0.717) is 19.3 Å². The van der Waals surface area contributed by atoms with Crippen LogP contribution in [0.5, 0.6) is 0 Å².